The molecule has 0 saturated carbocycles. The number of amides is 1. The fourth-order valence-electron chi connectivity index (χ4n) is 3.17. The maximum Gasteiger partial charge on any atom is 0.242 e. The first kappa shape index (κ1) is 18.5. The molecule has 1 aromatic rings. The normalized spacial score (nSPS) is 17.8. The van der Waals surface area contributed by atoms with Crippen molar-refractivity contribution in [3.8, 4) is 5.75 Å². The molecule has 0 bridgehead atoms. The third kappa shape index (κ3) is 4.19. The Bertz CT molecular complexity index is 556. The molecule has 0 unspecified atom stereocenters. The van der Waals surface area contributed by atoms with Crippen LogP contribution in [0.4, 0.5) is 5.69 Å². The van der Waals surface area contributed by atoms with Gasteiger partial charge in [-0.2, -0.15) is 0 Å². The van der Waals surface area contributed by atoms with Crippen LogP contribution in [-0.4, -0.2) is 79.8 Å². The number of aryl methyl sites for hydroxylation is 1. The van der Waals surface area contributed by atoms with Crippen molar-refractivity contribution in [2.45, 2.75) is 14.4 Å². The molecule has 1 aromatic carbocycles. The van der Waals surface area contributed by atoms with E-state index in [1.54, 1.807) is 0 Å². The summed E-state index contributed by atoms with van der Waals surface area (Å²) in [5, 5.41) is 8.98. The molecule has 2 heterocycles. The summed E-state index contributed by atoms with van der Waals surface area (Å²) in [4.78, 5) is 18.8. The van der Waals surface area contributed by atoms with Crippen LogP contribution in [-0.2, 0) is 4.79 Å². The highest BCUT2D eigenvalue weighted by Crippen LogP contribution is 2.32. The van der Waals surface area contributed by atoms with E-state index in [2.05, 4.69) is 22.8 Å². The first-order valence-electron chi connectivity index (χ1n) is 8.27. The summed E-state index contributed by atoms with van der Waals surface area (Å²) in [5.41, 5.74) is 2.19. The van der Waals surface area contributed by atoms with Crippen molar-refractivity contribution in [1.29, 1.82) is 0 Å². The van der Waals surface area contributed by atoms with E-state index < -0.39 is 0 Å². The average molecular weight is 335 g/mol. The number of ether oxygens (including phenoxy) is 1. The number of hydrogen-bond acceptors (Lipinski definition) is 5. The Morgan fingerprint density at radius 3 is 2.67 bits per heavy atom. The van der Waals surface area contributed by atoms with Crippen LogP contribution in [0, 0.1) is 6.92 Å². The molecule has 6 heteroatoms. The Hall–Kier alpha value is -1.79. The number of carbonyl (C=O) groups excluding carboxylic acids is 1. The lowest BCUT2D eigenvalue weighted by Crippen LogP contribution is -2.52. The molecule has 0 spiro atoms. The lowest BCUT2D eigenvalue weighted by Gasteiger charge is -2.37. The lowest BCUT2D eigenvalue weighted by atomic mass is 10.1. The van der Waals surface area contributed by atoms with Crippen molar-refractivity contribution < 1.29 is 14.6 Å². The molecular weight excluding hydrogens is 306 g/mol. The molecule has 1 fully saturated rings. The van der Waals surface area contributed by atoms with Crippen LogP contribution in [0.5, 0.6) is 5.75 Å². The number of piperazine rings is 1. The molecule has 0 aromatic heterocycles. The minimum Gasteiger partial charge on any atom is -0.490 e. The second-order valence-electron chi connectivity index (χ2n) is 6.19. The molecule has 0 aliphatic carbocycles. The summed E-state index contributed by atoms with van der Waals surface area (Å²) in [5.74, 6) is 1.03. The van der Waals surface area contributed by atoms with Crippen LogP contribution in [0.2, 0.25) is 0 Å². The first-order chi connectivity index (χ1) is 11.2. The maximum absolute atomic E-state index is 12.6. The van der Waals surface area contributed by atoms with Crippen LogP contribution in [0.25, 0.3) is 0 Å². The van der Waals surface area contributed by atoms with Crippen molar-refractivity contribution >= 4 is 11.6 Å². The highest BCUT2D eigenvalue weighted by Gasteiger charge is 2.25. The number of nitrogens with zero attached hydrogens (tertiary/aromatic N) is 3. The summed E-state index contributed by atoms with van der Waals surface area (Å²) in [6, 6.07) is 6.10. The SMILES string of the molecule is C.Cc1ccc2c(c1)N(CC(=O)N1CCN(CCO)CC1)CCO2. The average Bonchev–Trinajstić information content (AvgIpc) is 2.56. The fourth-order valence-corrected chi connectivity index (χ4v) is 3.17. The van der Waals surface area contributed by atoms with Gasteiger partial charge < -0.3 is 19.6 Å². The van der Waals surface area contributed by atoms with Crippen molar-refractivity contribution in [2.75, 3.05) is 63.9 Å². The summed E-state index contributed by atoms with van der Waals surface area (Å²) in [7, 11) is 0. The summed E-state index contributed by atoms with van der Waals surface area (Å²) in [6.07, 6.45) is 0. The molecule has 0 atom stereocenters. The summed E-state index contributed by atoms with van der Waals surface area (Å²) >= 11 is 0. The summed E-state index contributed by atoms with van der Waals surface area (Å²) < 4.78 is 5.68. The summed E-state index contributed by atoms with van der Waals surface area (Å²) in [6.45, 7) is 7.84. The number of β-amino-alcohol motifs (C(OH)–C–C–N with tert-alkyl or cyclic N) is 1. The van der Waals surface area contributed by atoms with Gasteiger partial charge in [0.25, 0.3) is 0 Å². The number of benzene rings is 1. The topological polar surface area (TPSA) is 56.3 Å². The molecule has 2 aliphatic rings. The monoisotopic (exact) mass is 335 g/mol. The number of hydrogen-bond donors (Lipinski definition) is 1. The van der Waals surface area contributed by atoms with Gasteiger partial charge in [-0.1, -0.05) is 13.5 Å². The third-order valence-electron chi connectivity index (χ3n) is 4.54. The molecule has 1 saturated heterocycles. The Morgan fingerprint density at radius 2 is 1.96 bits per heavy atom. The van der Waals surface area contributed by atoms with E-state index >= 15 is 0 Å². The van der Waals surface area contributed by atoms with Gasteiger partial charge >= 0.3 is 0 Å². The molecule has 134 valence electrons. The smallest absolute Gasteiger partial charge is 0.242 e. The second-order valence-corrected chi connectivity index (χ2v) is 6.19. The predicted octanol–water partition coefficient (Wildman–Crippen LogP) is 0.966. The van der Waals surface area contributed by atoms with Crippen molar-refractivity contribution in [2.24, 2.45) is 0 Å². The Morgan fingerprint density at radius 1 is 1.21 bits per heavy atom. The van der Waals surface area contributed by atoms with Gasteiger partial charge in [0.15, 0.2) is 0 Å². The van der Waals surface area contributed by atoms with Crippen LogP contribution >= 0.6 is 0 Å². The number of carbonyl (C=O) groups is 1. The van der Waals surface area contributed by atoms with Gasteiger partial charge in [-0.3, -0.25) is 9.69 Å². The fraction of sp³-hybridized carbons (Fsp3) is 0.611. The van der Waals surface area contributed by atoms with Crippen LogP contribution in [0.3, 0.4) is 0 Å². The quantitative estimate of drug-likeness (QED) is 0.888. The highest BCUT2D eigenvalue weighted by atomic mass is 16.5. The number of rotatable bonds is 4. The lowest BCUT2D eigenvalue weighted by molar-refractivity contribution is -0.131. The Balaban J connectivity index is 0.00000208. The molecule has 3 rings (SSSR count). The van der Waals surface area contributed by atoms with E-state index in [0.717, 1.165) is 44.2 Å². The van der Waals surface area contributed by atoms with Crippen LogP contribution in [0.1, 0.15) is 13.0 Å². The molecular formula is C18H29N3O3. The minimum absolute atomic E-state index is 0. The van der Waals surface area contributed by atoms with Crippen molar-refractivity contribution in [3.63, 3.8) is 0 Å². The van der Waals surface area contributed by atoms with Crippen molar-refractivity contribution in [3.05, 3.63) is 23.8 Å². The standard InChI is InChI=1S/C17H25N3O3.CH4/c1-14-2-3-16-15(12-14)20(9-11-23-16)13-17(22)19-6-4-18(5-7-19)8-10-21;/h2-3,12,21H,4-11,13H2,1H3;1H4. The van der Waals surface area contributed by atoms with Gasteiger partial charge in [0.2, 0.25) is 5.91 Å². The molecule has 1 N–H and O–H groups in total. The Labute approximate surface area is 144 Å². The Kier molecular flexibility index (Phi) is 6.45. The van der Waals surface area contributed by atoms with Crippen LogP contribution < -0.4 is 9.64 Å². The predicted molar refractivity (Wildman–Crippen MR) is 95.7 cm³/mol. The van der Waals surface area contributed by atoms with Gasteiger partial charge in [-0.25, -0.2) is 0 Å². The number of aliphatic hydroxyl groups excluding tert-OH is 1. The van der Waals surface area contributed by atoms with E-state index in [9.17, 15) is 4.79 Å². The molecule has 24 heavy (non-hydrogen) atoms. The number of anilines is 1. The number of fused-ring (bicyclic) bond motifs is 1. The zero-order valence-electron chi connectivity index (χ0n) is 13.7. The van der Waals surface area contributed by atoms with E-state index in [4.69, 9.17) is 9.84 Å². The van der Waals surface area contributed by atoms with Gasteiger partial charge in [-0.05, 0) is 24.6 Å². The van der Waals surface area contributed by atoms with E-state index in [0.29, 0.717) is 19.7 Å². The minimum atomic E-state index is 0. The third-order valence-corrected chi connectivity index (χ3v) is 4.54. The van der Waals surface area contributed by atoms with Crippen LogP contribution in [0.15, 0.2) is 18.2 Å². The number of aliphatic hydroxyl groups is 1. The molecule has 1 amide bonds. The molecule has 6 nitrogen and oxygen atoms in total. The largest absolute Gasteiger partial charge is 0.490 e. The maximum atomic E-state index is 12.6. The molecule has 0 radical (unpaired) electrons. The second kappa shape index (κ2) is 8.35. The first-order valence-corrected chi connectivity index (χ1v) is 8.27. The van der Waals surface area contributed by atoms with Gasteiger partial charge in [0.05, 0.1) is 25.4 Å². The zero-order valence-corrected chi connectivity index (χ0v) is 13.7. The molecule has 2 aliphatic heterocycles. The van der Waals surface area contributed by atoms with Gasteiger partial charge in [0, 0.05) is 32.7 Å². The van der Waals surface area contributed by atoms with Gasteiger partial charge in [0.1, 0.15) is 12.4 Å². The van der Waals surface area contributed by atoms with E-state index in [1.807, 2.05) is 17.0 Å². The highest BCUT2D eigenvalue weighted by molar-refractivity contribution is 5.82. The van der Waals surface area contributed by atoms with Gasteiger partial charge in [-0.15, -0.1) is 0 Å². The zero-order chi connectivity index (χ0) is 16.2. The van der Waals surface area contributed by atoms with E-state index in [-0.39, 0.29) is 19.9 Å². The van der Waals surface area contributed by atoms with E-state index in [1.165, 1.54) is 5.56 Å². The van der Waals surface area contributed by atoms with Crippen molar-refractivity contribution in [1.82, 2.24) is 9.80 Å².